The highest BCUT2D eigenvalue weighted by molar-refractivity contribution is 5.85. The molecule has 0 unspecified atom stereocenters. The summed E-state index contributed by atoms with van der Waals surface area (Å²) in [5, 5.41) is 11.7. The summed E-state index contributed by atoms with van der Waals surface area (Å²) in [6.45, 7) is 0. The average Bonchev–Trinajstić information content (AvgIpc) is 2.50. The van der Waals surface area contributed by atoms with Crippen molar-refractivity contribution in [2.45, 2.75) is 0 Å². The number of carbonyl (C=O) groups excluding carboxylic acids is 1. The summed E-state index contributed by atoms with van der Waals surface area (Å²) in [5.41, 5.74) is 0.630. The highest BCUT2D eigenvalue weighted by Crippen LogP contribution is 2.05. The Kier molecular flexibility index (Phi) is 2.33. The van der Waals surface area contributed by atoms with Crippen LogP contribution in [0.4, 0.5) is 5.69 Å². The maximum atomic E-state index is 10.3. The molecule has 1 aromatic rings. The van der Waals surface area contributed by atoms with Crippen molar-refractivity contribution in [3.05, 3.63) is 28.8 Å². The Morgan fingerprint density at radius 1 is 1.33 bits per heavy atom. The summed E-state index contributed by atoms with van der Waals surface area (Å²) >= 11 is 0. The first-order chi connectivity index (χ1) is 5.42. The molecule has 1 aliphatic heterocycles. The fourth-order valence-electron chi connectivity index (χ4n) is 0.915. The molecule has 0 radical (unpaired) electrons. The first kappa shape index (κ1) is 8.59. The predicted octanol–water partition coefficient (Wildman–Crippen LogP) is 0.244. The molecular weight excluding hydrogens is 178 g/mol. The van der Waals surface area contributed by atoms with Gasteiger partial charge in [-0.25, -0.2) is 4.79 Å². The predicted molar refractivity (Wildman–Crippen MR) is 43.8 cm³/mol. The number of nitrogens with zero attached hydrogens (tertiary/aromatic N) is 3. The molecule has 60 valence electrons. The zero-order valence-electron chi connectivity index (χ0n) is 5.89. The van der Waals surface area contributed by atoms with Crippen LogP contribution < -0.4 is 10.6 Å². The molecule has 0 aromatic heterocycles. The zero-order valence-corrected chi connectivity index (χ0v) is 6.71. The molecule has 2 rings (SSSR count). The topological polar surface area (TPSA) is 54.1 Å². The van der Waals surface area contributed by atoms with Crippen LogP contribution >= 0.6 is 12.4 Å². The van der Waals surface area contributed by atoms with E-state index >= 15 is 0 Å². The van der Waals surface area contributed by atoms with Crippen molar-refractivity contribution >= 4 is 24.0 Å². The lowest BCUT2D eigenvalue weighted by Crippen LogP contribution is -2.24. The van der Waals surface area contributed by atoms with Crippen LogP contribution in [0.3, 0.4) is 0 Å². The van der Waals surface area contributed by atoms with E-state index < -0.39 is 0 Å². The first-order valence-corrected chi connectivity index (χ1v) is 3.05. The summed E-state index contributed by atoms with van der Waals surface area (Å²) in [6, 6.07) is 5.10. The van der Waals surface area contributed by atoms with Crippen LogP contribution in [0.1, 0.15) is 0 Å². The van der Waals surface area contributed by atoms with E-state index in [0.29, 0.717) is 16.3 Å². The molecule has 0 amide bonds. The Balaban J connectivity index is 0.000000720. The van der Waals surface area contributed by atoms with E-state index in [1.54, 1.807) is 24.1 Å². The van der Waals surface area contributed by atoms with Crippen LogP contribution in [0, 0.1) is 0 Å². The molecule has 1 heterocycles. The van der Waals surface area contributed by atoms with Crippen molar-refractivity contribution in [1.29, 1.82) is 0 Å². The van der Waals surface area contributed by atoms with E-state index in [2.05, 4.69) is 15.4 Å². The van der Waals surface area contributed by atoms with Gasteiger partial charge in [-0.3, -0.25) is 0 Å². The lowest BCUT2D eigenvalue weighted by atomic mass is 10.2. The van der Waals surface area contributed by atoms with E-state index in [9.17, 15) is 4.79 Å². The highest BCUT2D eigenvalue weighted by Gasteiger charge is 2.00. The Bertz CT molecular complexity index is 462. The molecule has 12 heavy (non-hydrogen) atoms. The van der Waals surface area contributed by atoms with Crippen LogP contribution in [0.25, 0.3) is 0 Å². The molecule has 5 heteroatoms. The van der Waals surface area contributed by atoms with E-state index in [-0.39, 0.29) is 12.4 Å². The Labute approximate surface area is 73.7 Å². The molecular formula is C7H4ClN3O. The van der Waals surface area contributed by atoms with Gasteiger partial charge in [0.05, 0.1) is 5.22 Å². The van der Waals surface area contributed by atoms with Crippen LogP contribution in [0.15, 0.2) is 33.6 Å². The van der Waals surface area contributed by atoms with E-state index in [0.717, 1.165) is 0 Å². The SMILES string of the molecule is Cl.O=C=c1cccc2c1=NN=N2. The maximum absolute atomic E-state index is 10.3. The fraction of sp³-hybridized carbons (Fsp3) is 0. The van der Waals surface area contributed by atoms with Crippen LogP contribution in [-0.4, -0.2) is 5.94 Å². The number of rotatable bonds is 0. The lowest BCUT2D eigenvalue weighted by Gasteiger charge is -1.82. The van der Waals surface area contributed by atoms with Gasteiger partial charge in [0.2, 0.25) is 0 Å². The summed E-state index contributed by atoms with van der Waals surface area (Å²) in [6.07, 6.45) is 0. The van der Waals surface area contributed by atoms with Gasteiger partial charge in [0.15, 0.2) is 0 Å². The molecule has 0 saturated heterocycles. The number of hydrogen-bond acceptors (Lipinski definition) is 4. The van der Waals surface area contributed by atoms with Crippen molar-refractivity contribution in [3.8, 4) is 0 Å². The van der Waals surface area contributed by atoms with Crippen molar-refractivity contribution < 1.29 is 4.79 Å². The molecule has 1 aliphatic rings. The molecule has 0 N–H and O–H groups in total. The molecule has 0 aliphatic carbocycles. The van der Waals surface area contributed by atoms with Gasteiger partial charge in [-0.2, -0.15) is 0 Å². The third-order valence-electron chi connectivity index (χ3n) is 1.42. The van der Waals surface area contributed by atoms with Crippen molar-refractivity contribution in [2.24, 2.45) is 15.4 Å². The number of benzene rings is 1. The normalized spacial score (nSPS) is 11.0. The smallest absolute Gasteiger partial charge is 0.134 e. The number of hydrogen-bond donors (Lipinski definition) is 0. The zero-order chi connectivity index (χ0) is 7.68. The van der Waals surface area contributed by atoms with E-state index in [4.69, 9.17) is 0 Å². The average molecular weight is 182 g/mol. The van der Waals surface area contributed by atoms with Crippen LogP contribution in [0.2, 0.25) is 0 Å². The Morgan fingerprint density at radius 3 is 2.92 bits per heavy atom. The van der Waals surface area contributed by atoms with Gasteiger partial charge in [-0.05, 0) is 17.4 Å². The van der Waals surface area contributed by atoms with E-state index in [1.165, 1.54) is 0 Å². The van der Waals surface area contributed by atoms with Crippen molar-refractivity contribution in [1.82, 2.24) is 0 Å². The van der Waals surface area contributed by atoms with Gasteiger partial charge in [-0.1, -0.05) is 6.07 Å². The lowest BCUT2D eigenvalue weighted by molar-refractivity contribution is 0.567. The fourth-order valence-corrected chi connectivity index (χ4v) is 0.915. The quantitative estimate of drug-likeness (QED) is 0.566. The molecule has 0 saturated carbocycles. The summed E-state index contributed by atoms with van der Waals surface area (Å²) in [7, 11) is 0. The second-order valence-electron chi connectivity index (χ2n) is 2.06. The van der Waals surface area contributed by atoms with Crippen molar-refractivity contribution in [3.63, 3.8) is 0 Å². The minimum atomic E-state index is 0. The molecule has 1 aromatic carbocycles. The summed E-state index contributed by atoms with van der Waals surface area (Å²) in [5.74, 6) is 1.76. The van der Waals surface area contributed by atoms with Crippen LogP contribution in [-0.2, 0) is 4.79 Å². The van der Waals surface area contributed by atoms with Gasteiger partial charge >= 0.3 is 0 Å². The third-order valence-corrected chi connectivity index (χ3v) is 1.42. The largest absolute Gasteiger partial charge is 0.233 e. The molecule has 0 spiro atoms. The second kappa shape index (κ2) is 3.26. The summed E-state index contributed by atoms with van der Waals surface area (Å²) < 4.78 is 0. The van der Waals surface area contributed by atoms with Gasteiger partial charge in [0.1, 0.15) is 17.0 Å². The molecule has 4 nitrogen and oxygen atoms in total. The number of halogens is 1. The molecule has 0 fully saturated rings. The Hall–Kier alpha value is -1.51. The van der Waals surface area contributed by atoms with Gasteiger partial charge in [0.25, 0.3) is 0 Å². The minimum Gasteiger partial charge on any atom is -0.233 e. The minimum absolute atomic E-state index is 0. The van der Waals surface area contributed by atoms with Gasteiger partial charge in [-0.15, -0.1) is 22.6 Å². The molecule has 0 atom stereocenters. The second-order valence-corrected chi connectivity index (χ2v) is 2.06. The number of fused-ring (bicyclic) bond motifs is 1. The van der Waals surface area contributed by atoms with E-state index in [1.807, 2.05) is 0 Å². The highest BCUT2D eigenvalue weighted by atomic mass is 35.5. The maximum Gasteiger partial charge on any atom is 0.134 e. The van der Waals surface area contributed by atoms with Gasteiger partial charge in [0, 0.05) is 0 Å². The van der Waals surface area contributed by atoms with Crippen molar-refractivity contribution in [2.75, 3.05) is 0 Å². The summed E-state index contributed by atoms with van der Waals surface area (Å²) in [4.78, 5) is 10.3. The molecule has 0 bridgehead atoms. The first-order valence-electron chi connectivity index (χ1n) is 3.05. The Morgan fingerprint density at radius 2 is 2.17 bits per heavy atom. The standard InChI is InChI=1S/C7H3N3O.ClH/c11-4-5-2-1-3-6-7(5)9-10-8-6;/h1-3H;1H. The third kappa shape index (κ3) is 1.13. The van der Waals surface area contributed by atoms with Crippen LogP contribution in [0.5, 0.6) is 0 Å². The van der Waals surface area contributed by atoms with Gasteiger partial charge < -0.3 is 0 Å². The monoisotopic (exact) mass is 181 g/mol.